The Hall–Kier alpha value is -3.15. The summed E-state index contributed by atoms with van der Waals surface area (Å²) in [6.45, 7) is 0.290. The zero-order chi connectivity index (χ0) is 17.1. The van der Waals surface area contributed by atoms with Crippen LogP contribution >= 0.6 is 0 Å². The van der Waals surface area contributed by atoms with Crippen molar-refractivity contribution in [3.63, 3.8) is 0 Å². The number of halogens is 1. The molecule has 6 heteroatoms. The van der Waals surface area contributed by atoms with E-state index in [4.69, 9.17) is 0 Å². The lowest BCUT2D eigenvalue weighted by Crippen LogP contribution is -2.23. The maximum absolute atomic E-state index is 13.7. The minimum absolute atomic E-state index is 0.290. The molecule has 0 bridgehead atoms. The molecule has 0 saturated carbocycles. The number of esters is 1. The quantitative estimate of drug-likeness (QED) is 0.724. The highest BCUT2D eigenvalue weighted by Gasteiger charge is 2.11. The number of nitrogens with one attached hydrogen (secondary N) is 2. The van der Waals surface area contributed by atoms with Crippen LogP contribution in [0.1, 0.15) is 26.4 Å². The smallest absolute Gasteiger partial charge is 0.337 e. The van der Waals surface area contributed by atoms with Crippen molar-refractivity contribution in [1.82, 2.24) is 10.3 Å². The predicted molar refractivity (Wildman–Crippen MR) is 87.2 cm³/mol. The largest absolute Gasteiger partial charge is 0.465 e. The Labute approximate surface area is 137 Å². The van der Waals surface area contributed by atoms with E-state index in [0.717, 1.165) is 5.56 Å². The van der Waals surface area contributed by atoms with E-state index in [1.165, 1.54) is 19.2 Å². The lowest BCUT2D eigenvalue weighted by atomic mass is 10.1. The van der Waals surface area contributed by atoms with Crippen LogP contribution in [0, 0.1) is 5.82 Å². The number of aromatic amines is 1. The Balaban J connectivity index is 1.68. The van der Waals surface area contributed by atoms with Gasteiger partial charge in [0.15, 0.2) is 0 Å². The van der Waals surface area contributed by atoms with Gasteiger partial charge in [-0.1, -0.05) is 18.2 Å². The Bertz CT molecular complexity index is 900. The average molecular weight is 326 g/mol. The lowest BCUT2D eigenvalue weighted by molar-refractivity contribution is 0.0600. The van der Waals surface area contributed by atoms with Gasteiger partial charge in [0, 0.05) is 17.4 Å². The number of ether oxygens (including phenoxy) is 1. The number of hydrogen-bond donors (Lipinski definition) is 2. The van der Waals surface area contributed by atoms with Crippen LogP contribution in [0.25, 0.3) is 10.9 Å². The van der Waals surface area contributed by atoms with Gasteiger partial charge < -0.3 is 15.0 Å². The topological polar surface area (TPSA) is 71.2 Å². The van der Waals surface area contributed by atoms with Crippen LogP contribution in [0.4, 0.5) is 4.39 Å². The molecule has 122 valence electrons. The number of aromatic nitrogens is 1. The molecule has 0 atom stereocenters. The molecule has 1 heterocycles. The third kappa shape index (κ3) is 3.12. The number of methoxy groups -OCH3 is 1. The van der Waals surface area contributed by atoms with E-state index in [9.17, 15) is 14.0 Å². The second kappa shape index (κ2) is 6.54. The van der Waals surface area contributed by atoms with Crippen LogP contribution in [-0.4, -0.2) is 24.0 Å². The minimum atomic E-state index is -0.411. The van der Waals surface area contributed by atoms with Crippen molar-refractivity contribution in [2.75, 3.05) is 7.11 Å². The highest BCUT2D eigenvalue weighted by atomic mass is 19.1. The first-order chi connectivity index (χ1) is 11.6. The van der Waals surface area contributed by atoms with Gasteiger partial charge in [-0.3, -0.25) is 4.79 Å². The van der Waals surface area contributed by atoms with Crippen LogP contribution in [-0.2, 0) is 11.3 Å². The van der Waals surface area contributed by atoms with Gasteiger partial charge in [0.25, 0.3) is 5.91 Å². The molecule has 2 N–H and O–H groups in total. The molecule has 1 aromatic heterocycles. The molecule has 0 unspecified atom stereocenters. The summed E-state index contributed by atoms with van der Waals surface area (Å²) in [5, 5.41) is 3.13. The number of fused-ring (bicyclic) bond motifs is 1. The van der Waals surface area contributed by atoms with Crippen LogP contribution in [0.5, 0.6) is 0 Å². The molecule has 0 radical (unpaired) electrons. The van der Waals surface area contributed by atoms with Crippen molar-refractivity contribution >= 4 is 22.8 Å². The molecule has 0 spiro atoms. The first-order valence-electron chi connectivity index (χ1n) is 7.31. The zero-order valence-corrected chi connectivity index (χ0v) is 12.9. The third-order valence-electron chi connectivity index (χ3n) is 3.68. The summed E-state index contributed by atoms with van der Waals surface area (Å²) in [5.74, 6) is -1.12. The molecule has 0 fully saturated rings. The van der Waals surface area contributed by atoms with E-state index in [-0.39, 0.29) is 18.3 Å². The molecule has 0 aliphatic rings. The average Bonchev–Trinajstić information content (AvgIpc) is 3.05. The lowest BCUT2D eigenvalue weighted by Gasteiger charge is -2.05. The summed E-state index contributed by atoms with van der Waals surface area (Å²) in [6.07, 6.45) is 0. The second-order valence-corrected chi connectivity index (χ2v) is 5.26. The first kappa shape index (κ1) is 15.7. The number of carbonyl (C=O) groups excluding carboxylic acids is 2. The van der Waals surface area contributed by atoms with E-state index in [0.29, 0.717) is 22.2 Å². The molecule has 5 nitrogen and oxygen atoms in total. The summed E-state index contributed by atoms with van der Waals surface area (Å²) in [5.41, 5.74) is 2.14. The third-order valence-corrected chi connectivity index (χ3v) is 3.68. The monoisotopic (exact) mass is 326 g/mol. The number of amides is 1. The minimum Gasteiger partial charge on any atom is -0.465 e. The number of rotatable bonds is 4. The van der Waals surface area contributed by atoms with Gasteiger partial charge in [0.1, 0.15) is 11.5 Å². The molecule has 0 aliphatic carbocycles. The molecular formula is C18H15FN2O3. The fourth-order valence-corrected chi connectivity index (χ4v) is 2.39. The number of hydrogen-bond acceptors (Lipinski definition) is 3. The Morgan fingerprint density at radius 2 is 1.92 bits per heavy atom. The number of H-pyrrole nitrogens is 1. The van der Waals surface area contributed by atoms with Crippen LogP contribution in [0.15, 0.2) is 48.5 Å². The van der Waals surface area contributed by atoms with Crippen LogP contribution in [0.2, 0.25) is 0 Å². The van der Waals surface area contributed by atoms with Crippen LogP contribution in [0.3, 0.4) is 0 Å². The summed E-state index contributed by atoms with van der Waals surface area (Å²) >= 11 is 0. The molecule has 0 saturated heterocycles. The normalized spacial score (nSPS) is 10.6. The van der Waals surface area contributed by atoms with E-state index in [1.54, 1.807) is 36.4 Å². The van der Waals surface area contributed by atoms with Crippen molar-refractivity contribution in [3.05, 3.63) is 71.2 Å². The second-order valence-electron chi connectivity index (χ2n) is 5.26. The van der Waals surface area contributed by atoms with Gasteiger partial charge in [0.05, 0.1) is 12.7 Å². The fraction of sp³-hybridized carbons (Fsp3) is 0.111. The van der Waals surface area contributed by atoms with Crippen LogP contribution < -0.4 is 5.32 Å². The summed E-state index contributed by atoms with van der Waals surface area (Å²) in [7, 11) is 1.32. The zero-order valence-electron chi connectivity index (χ0n) is 12.9. The van der Waals surface area contributed by atoms with Gasteiger partial charge in [0.2, 0.25) is 0 Å². The van der Waals surface area contributed by atoms with Gasteiger partial charge in [-0.15, -0.1) is 0 Å². The molecule has 3 aromatic rings. The van der Waals surface area contributed by atoms with Crippen molar-refractivity contribution in [2.45, 2.75) is 6.54 Å². The van der Waals surface area contributed by atoms with Crippen molar-refractivity contribution in [2.24, 2.45) is 0 Å². The fourth-order valence-electron chi connectivity index (χ4n) is 2.39. The summed E-state index contributed by atoms with van der Waals surface area (Å²) in [6, 6.07) is 12.9. The van der Waals surface area contributed by atoms with E-state index in [1.807, 2.05) is 0 Å². The highest BCUT2D eigenvalue weighted by molar-refractivity contribution is 5.98. The number of benzene rings is 2. The van der Waals surface area contributed by atoms with Gasteiger partial charge in [-0.2, -0.15) is 0 Å². The van der Waals surface area contributed by atoms with Crippen molar-refractivity contribution in [3.8, 4) is 0 Å². The Kier molecular flexibility index (Phi) is 4.29. The summed E-state index contributed by atoms with van der Waals surface area (Å²) < 4.78 is 18.3. The Morgan fingerprint density at radius 3 is 2.58 bits per heavy atom. The SMILES string of the molecule is COC(=O)c1ccc(CNC(=O)c2cc3c(F)cccc3[nH]2)cc1. The molecular weight excluding hydrogens is 311 g/mol. The maximum atomic E-state index is 13.7. The summed E-state index contributed by atoms with van der Waals surface area (Å²) in [4.78, 5) is 26.4. The standard InChI is InChI=1S/C18H15FN2O3/c1-24-18(23)12-7-5-11(6-8-12)10-20-17(22)16-9-13-14(19)3-2-4-15(13)21-16/h2-9,21H,10H2,1H3,(H,20,22). The molecule has 0 aliphatic heterocycles. The van der Waals surface area contributed by atoms with Gasteiger partial charge in [-0.25, -0.2) is 9.18 Å². The van der Waals surface area contributed by atoms with E-state index in [2.05, 4.69) is 15.0 Å². The molecule has 3 rings (SSSR count). The van der Waals surface area contributed by atoms with Gasteiger partial charge in [-0.05, 0) is 35.9 Å². The van der Waals surface area contributed by atoms with E-state index >= 15 is 0 Å². The van der Waals surface area contributed by atoms with Crippen molar-refractivity contribution < 1.29 is 18.7 Å². The Morgan fingerprint density at radius 1 is 1.17 bits per heavy atom. The highest BCUT2D eigenvalue weighted by Crippen LogP contribution is 2.18. The maximum Gasteiger partial charge on any atom is 0.337 e. The van der Waals surface area contributed by atoms with Crippen molar-refractivity contribution in [1.29, 1.82) is 0 Å². The van der Waals surface area contributed by atoms with Gasteiger partial charge >= 0.3 is 5.97 Å². The number of carbonyl (C=O) groups is 2. The first-order valence-corrected chi connectivity index (χ1v) is 7.31. The molecule has 1 amide bonds. The van der Waals surface area contributed by atoms with E-state index < -0.39 is 5.97 Å². The predicted octanol–water partition coefficient (Wildman–Crippen LogP) is 3.02. The molecule has 2 aromatic carbocycles. The molecule has 24 heavy (non-hydrogen) atoms.